The first-order valence-electron chi connectivity index (χ1n) is 11.5. The number of aliphatic carboxylic acids is 2. The topological polar surface area (TPSA) is 217 Å². The van der Waals surface area contributed by atoms with E-state index in [2.05, 4.69) is 25.4 Å². The van der Waals surface area contributed by atoms with Crippen molar-refractivity contribution in [2.45, 2.75) is 31.0 Å². The van der Waals surface area contributed by atoms with E-state index >= 15 is 0 Å². The number of amides is 2. The number of rotatable bonds is 9. The summed E-state index contributed by atoms with van der Waals surface area (Å²) >= 11 is 8.27. The zero-order valence-corrected chi connectivity index (χ0v) is 22.8. The predicted octanol–water partition coefficient (Wildman–Crippen LogP) is 0.175. The Morgan fingerprint density at radius 1 is 1.43 bits per heavy atom. The molecular weight excluding hydrogens is 588 g/mol. The summed E-state index contributed by atoms with van der Waals surface area (Å²) < 4.78 is 1.77. The number of hydrogen-bond donors (Lipinski definition) is 5. The van der Waals surface area contributed by atoms with E-state index in [9.17, 15) is 24.3 Å². The number of H-pyrrole nitrogens is 1. The Morgan fingerprint density at radius 3 is 2.88 bits per heavy atom. The van der Waals surface area contributed by atoms with Gasteiger partial charge in [-0.1, -0.05) is 28.1 Å². The molecule has 0 spiro atoms. The molecule has 40 heavy (non-hydrogen) atoms. The first-order valence-corrected chi connectivity index (χ1v) is 13.7. The van der Waals surface area contributed by atoms with Gasteiger partial charge in [0.15, 0.2) is 10.8 Å². The molecule has 3 atom stereocenters. The largest absolute Gasteiger partial charge is 0.478 e. The maximum absolute atomic E-state index is 13.2. The van der Waals surface area contributed by atoms with Crippen LogP contribution in [0.3, 0.4) is 0 Å². The van der Waals surface area contributed by atoms with Crippen LogP contribution < -0.4 is 15.6 Å². The number of carbonyl (C=O) groups excluding carboxylic acids is 2. The fourth-order valence-corrected chi connectivity index (χ4v) is 6.41. The predicted molar refractivity (Wildman–Crippen MR) is 142 cm³/mol. The van der Waals surface area contributed by atoms with Crippen LogP contribution in [-0.4, -0.2) is 82.8 Å². The molecule has 0 bridgehead atoms. The number of aromatic nitrogens is 4. The molecule has 0 saturated carbocycles. The molecule has 2 aliphatic rings. The second-order valence-electron chi connectivity index (χ2n) is 8.59. The summed E-state index contributed by atoms with van der Waals surface area (Å²) in [4.78, 5) is 67.1. The number of aromatic amines is 1. The molecule has 0 aliphatic carbocycles. The van der Waals surface area contributed by atoms with Crippen molar-refractivity contribution in [2.75, 3.05) is 11.5 Å². The number of nitrogens with two attached hydrogens (primary N) is 1. The first-order chi connectivity index (χ1) is 19.1. The number of thioether (sulfide) groups is 1. The molecule has 208 valence electrons. The summed E-state index contributed by atoms with van der Waals surface area (Å²) in [5.74, 6) is -3.93. The van der Waals surface area contributed by atoms with E-state index in [1.165, 1.54) is 25.0 Å². The summed E-state index contributed by atoms with van der Waals surface area (Å²) in [6.07, 6.45) is 1.89. The highest BCUT2D eigenvalue weighted by Crippen LogP contribution is 2.40. The quantitative estimate of drug-likeness (QED) is 0.0955. The van der Waals surface area contributed by atoms with Gasteiger partial charge in [0.25, 0.3) is 11.8 Å². The molecule has 3 aromatic rings. The Bertz CT molecular complexity index is 1620. The van der Waals surface area contributed by atoms with Crippen LogP contribution in [0.1, 0.15) is 12.6 Å². The number of pyridine rings is 1. The van der Waals surface area contributed by atoms with Crippen LogP contribution in [0.15, 0.2) is 41.1 Å². The molecular formula is C22H20ClN8O7S2+. The Morgan fingerprint density at radius 2 is 2.20 bits per heavy atom. The number of imidazole rings is 1. The summed E-state index contributed by atoms with van der Waals surface area (Å²) in [5, 5.41) is 24.5. The molecule has 15 nitrogen and oxygen atoms in total. The Hall–Kier alpha value is -4.22. The maximum atomic E-state index is 13.2. The van der Waals surface area contributed by atoms with Crippen LogP contribution in [-0.2, 0) is 30.6 Å². The van der Waals surface area contributed by atoms with Crippen molar-refractivity contribution in [1.82, 2.24) is 25.2 Å². The van der Waals surface area contributed by atoms with Gasteiger partial charge in [-0.05, 0) is 24.0 Å². The Balaban J connectivity index is 1.38. The molecule has 5 rings (SSSR count). The van der Waals surface area contributed by atoms with Crippen molar-refractivity contribution in [1.29, 1.82) is 0 Å². The second-order valence-corrected chi connectivity index (χ2v) is 11.3. The number of nitrogens with one attached hydrogen (secondary N) is 2. The van der Waals surface area contributed by atoms with Crippen LogP contribution >= 0.6 is 34.7 Å². The van der Waals surface area contributed by atoms with Crippen molar-refractivity contribution in [2.24, 2.45) is 5.16 Å². The van der Waals surface area contributed by atoms with E-state index in [-0.39, 0.29) is 33.2 Å². The number of halogens is 1. The van der Waals surface area contributed by atoms with E-state index < -0.39 is 47.0 Å². The maximum Gasteiger partial charge on any atom is 0.352 e. The second kappa shape index (κ2) is 10.7. The number of carboxylic acids is 2. The Kier molecular flexibility index (Phi) is 7.35. The minimum atomic E-state index is -1.40. The molecule has 0 aromatic carbocycles. The van der Waals surface area contributed by atoms with Crippen molar-refractivity contribution in [3.63, 3.8) is 0 Å². The highest BCUT2D eigenvalue weighted by molar-refractivity contribution is 8.00. The molecule has 1 unspecified atom stereocenters. The molecule has 18 heteroatoms. The minimum absolute atomic E-state index is 0.00301. The summed E-state index contributed by atoms with van der Waals surface area (Å²) in [5.41, 5.74) is 6.75. The molecule has 6 N–H and O–H groups in total. The number of carboxylic acid groups (broad SMARTS) is 2. The van der Waals surface area contributed by atoms with E-state index in [0.717, 1.165) is 21.8 Å². The SMILES string of the molecule is C[C@H](ON=C(C(=O)N[C@@H]1C(=O)N2C(C(=O)O)=C(C[n+]3cccc4[nH]cnc43)CSC12)c1nc(N)sc1Cl)C(=O)O. The summed E-state index contributed by atoms with van der Waals surface area (Å²) in [6, 6.07) is 2.53. The minimum Gasteiger partial charge on any atom is -0.478 e. The highest BCUT2D eigenvalue weighted by Gasteiger charge is 2.54. The zero-order chi connectivity index (χ0) is 28.7. The third-order valence-corrected chi connectivity index (χ3v) is 8.46. The average Bonchev–Trinajstić information content (AvgIpc) is 3.53. The molecule has 2 amide bonds. The molecule has 1 fully saturated rings. The van der Waals surface area contributed by atoms with E-state index in [0.29, 0.717) is 11.2 Å². The number of oxime groups is 1. The van der Waals surface area contributed by atoms with Crippen LogP contribution in [0.2, 0.25) is 4.34 Å². The van der Waals surface area contributed by atoms with Gasteiger partial charge < -0.3 is 31.1 Å². The van der Waals surface area contributed by atoms with Crippen LogP contribution in [0.4, 0.5) is 5.13 Å². The van der Waals surface area contributed by atoms with Crippen LogP contribution in [0.25, 0.3) is 11.2 Å². The third kappa shape index (κ3) is 4.93. The number of fused-ring (bicyclic) bond motifs is 2. The Labute approximate surface area is 237 Å². The van der Waals surface area contributed by atoms with Crippen molar-refractivity contribution >= 4 is 80.5 Å². The van der Waals surface area contributed by atoms with Crippen molar-refractivity contribution < 1.29 is 38.8 Å². The monoisotopic (exact) mass is 607 g/mol. The summed E-state index contributed by atoms with van der Waals surface area (Å²) in [7, 11) is 0. The van der Waals surface area contributed by atoms with E-state index in [1.807, 2.05) is 6.07 Å². The van der Waals surface area contributed by atoms with E-state index in [1.54, 1.807) is 16.8 Å². The lowest BCUT2D eigenvalue weighted by Crippen LogP contribution is -2.71. The number of hydrogen-bond acceptors (Lipinski definition) is 11. The van der Waals surface area contributed by atoms with Gasteiger partial charge in [-0.25, -0.2) is 19.1 Å². The zero-order valence-electron chi connectivity index (χ0n) is 20.4. The van der Waals surface area contributed by atoms with Gasteiger partial charge in [0.1, 0.15) is 39.2 Å². The average molecular weight is 608 g/mol. The fourth-order valence-electron chi connectivity index (χ4n) is 4.14. The molecule has 0 radical (unpaired) electrons. The first kappa shape index (κ1) is 27.4. The fraction of sp³-hybridized carbons (Fsp3) is 0.273. The van der Waals surface area contributed by atoms with E-state index in [4.69, 9.17) is 27.3 Å². The number of nitrogens with zero attached hydrogens (tertiary/aromatic N) is 5. The number of thiazole rings is 1. The molecule has 2 aliphatic heterocycles. The third-order valence-electron chi connectivity index (χ3n) is 6.04. The standard InChI is InChI=1S/C22H19ClN8O7S2/c1-8(20(34)35)38-29-12(11-15(23)40-22(24)28-11)17(32)27-13-18(33)31-14(21(36)37)9(6-39-19(13)31)5-30-4-2-3-10-16(30)26-7-25-10/h2-4,7-8,13,19H,5-6H2,1H3,(H5,24,27,28,32,34,35,36,37)/p+1/t8-,13+,19?/m0/s1. The van der Waals surface area contributed by atoms with Gasteiger partial charge in [-0.3, -0.25) is 14.5 Å². The van der Waals surface area contributed by atoms with Crippen LogP contribution in [0, 0.1) is 0 Å². The number of β-lactam (4-membered cyclic amide) rings is 1. The van der Waals surface area contributed by atoms with Gasteiger partial charge in [0.2, 0.25) is 12.4 Å². The van der Waals surface area contributed by atoms with Gasteiger partial charge in [-0.2, -0.15) is 0 Å². The normalized spacial score (nSPS) is 19.7. The van der Waals surface area contributed by atoms with Gasteiger partial charge in [-0.15, -0.1) is 11.8 Å². The van der Waals surface area contributed by atoms with Gasteiger partial charge in [0, 0.05) is 11.3 Å². The molecule has 5 heterocycles. The number of anilines is 1. The van der Waals surface area contributed by atoms with Gasteiger partial charge >= 0.3 is 17.6 Å². The lowest BCUT2D eigenvalue weighted by atomic mass is 10.0. The smallest absolute Gasteiger partial charge is 0.352 e. The molecule has 1 saturated heterocycles. The lowest BCUT2D eigenvalue weighted by Gasteiger charge is -2.49. The number of carbonyl (C=O) groups is 4. The molecule has 3 aromatic heterocycles. The summed E-state index contributed by atoms with van der Waals surface area (Å²) in [6.45, 7) is 1.39. The van der Waals surface area contributed by atoms with Crippen molar-refractivity contribution in [3.8, 4) is 0 Å². The lowest BCUT2D eigenvalue weighted by molar-refractivity contribution is -0.664. The number of nitrogen functional groups attached to an aromatic ring is 1. The van der Waals surface area contributed by atoms with Gasteiger partial charge in [0.05, 0.1) is 6.20 Å². The van der Waals surface area contributed by atoms with Crippen LogP contribution in [0.5, 0.6) is 0 Å². The highest BCUT2D eigenvalue weighted by atomic mass is 35.5. The van der Waals surface area contributed by atoms with Crippen molar-refractivity contribution in [3.05, 3.63) is 46.0 Å².